The summed E-state index contributed by atoms with van der Waals surface area (Å²) < 4.78 is 20.8. The summed E-state index contributed by atoms with van der Waals surface area (Å²) in [6.45, 7) is 0.0970. The molecule has 1 aliphatic rings. The Bertz CT molecular complexity index is 1370. The number of carboxylic acid groups (broad SMARTS) is 1. The predicted octanol–water partition coefficient (Wildman–Crippen LogP) is 4.85. The average molecular weight is 458 g/mol. The molecule has 1 aromatic heterocycles. The number of rotatable bonds is 6. The topological polar surface area (TPSA) is 80.6 Å². The van der Waals surface area contributed by atoms with Crippen molar-refractivity contribution in [1.29, 1.82) is 0 Å². The molecule has 2 N–H and O–H groups in total. The van der Waals surface area contributed by atoms with E-state index in [1.807, 2.05) is 48.5 Å². The molecule has 0 fully saturated rings. The van der Waals surface area contributed by atoms with Crippen LogP contribution in [0.1, 0.15) is 22.6 Å². The van der Waals surface area contributed by atoms with Crippen molar-refractivity contribution in [1.82, 2.24) is 9.88 Å². The molecule has 0 saturated carbocycles. The van der Waals surface area contributed by atoms with Gasteiger partial charge < -0.3 is 19.7 Å². The number of nitrogens with zero attached hydrogens (tertiary/aromatic N) is 1. The number of nitrogens with one attached hydrogen (secondary N) is 1. The highest BCUT2D eigenvalue weighted by atomic mass is 19.1. The lowest BCUT2D eigenvalue weighted by atomic mass is 9.98. The highest BCUT2D eigenvalue weighted by molar-refractivity contribution is 5.86. The van der Waals surface area contributed by atoms with Gasteiger partial charge in [-0.05, 0) is 46.0 Å². The molecule has 1 amide bonds. The first-order chi connectivity index (χ1) is 16.4. The van der Waals surface area contributed by atoms with Gasteiger partial charge in [0.1, 0.15) is 18.5 Å². The molecule has 0 radical (unpaired) electrons. The Kier molecular flexibility index (Phi) is 5.53. The van der Waals surface area contributed by atoms with E-state index in [1.54, 1.807) is 23.9 Å². The summed E-state index contributed by atoms with van der Waals surface area (Å²) in [6.07, 6.45) is 1.00. The third-order valence-electron chi connectivity index (χ3n) is 6.39. The summed E-state index contributed by atoms with van der Waals surface area (Å²) in [7, 11) is 1.76. The van der Waals surface area contributed by atoms with E-state index in [1.165, 1.54) is 12.1 Å². The lowest BCUT2D eigenvalue weighted by Gasteiger charge is -2.17. The van der Waals surface area contributed by atoms with E-state index in [2.05, 4.69) is 5.32 Å². The summed E-state index contributed by atoms with van der Waals surface area (Å²) in [6, 6.07) is 19.1. The van der Waals surface area contributed by atoms with Crippen molar-refractivity contribution in [2.45, 2.75) is 18.4 Å². The molecule has 6 nitrogen and oxygen atoms in total. The predicted molar refractivity (Wildman–Crippen MR) is 126 cm³/mol. The molecule has 172 valence electrons. The highest BCUT2D eigenvalue weighted by Gasteiger charge is 2.30. The number of hydrogen-bond acceptors (Lipinski definition) is 3. The standard InChI is InChI=1S/C27H23FN2O4/c1-30-14-16(18-11-10-17(28)13-25(18)30)12-24(26(31)32)29-27(33)34-15-23-21-8-4-2-6-19(21)20-7-3-5-9-22(20)23/h2-11,13-14,23-24H,12,15H2,1H3,(H,29,33)(H,31,32). The van der Waals surface area contributed by atoms with Crippen LogP contribution < -0.4 is 5.32 Å². The number of benzene rings is 3. The van der Waals surface area contributed by atoms with Crippen molar-refractivity contribution in [2.24, 2.45) is 7.05 Å². The van der Waals surface area contributed by atoms with Crippen molar-refractivity contribution < 1.29 is 23.8 Å². The van der Waals surface area contributed by atoms with Crippen molar-refractivity contribution in [3.63, 3.8) is 0 Å². The first kappa shape index (κ1) is 21.7. The van der Waals surface area contributed by atoms with Gasteiger partial charge in [-0.15, -0.1) is 0 Å². The SMILES string of the molecule is Cn1cc(CC(NC(=O)OCC2c3ccccc3-c3ccccc32)C(=O)O)c2ccc(F)cc21. The zero-order valence-electron chi connectivity index (χ0n) is 18.5. The van der Waals surface area contributed by atoms with Crippen LogP contribution in [-0.4, -0.2) is 34.4 Å². The monoisotopic (exact) mass is 458 g/mol. The molecule has 1 aliphatic carbocycles. The number of alkyl carbamates (subject to hydrolysis) is 1. The van der Waals surface area contributed by atoms with Gasteiger partial charge in [0.05, 0.1) is 5.52 Å². The lowest BCUT2D eigenvalue weighted by Crippen LogP contribution is -2.42. The van der Waals surface area contributed by atoms with Crippen LogP contribution in [0.2, 0.25) is 0 Å². The molecule has 5 rings (SSSR count). The minimum atomic E-state index is -1.19. The van der Waals surface area contributed by atoms with Gasteiger partial charge in [-0.2, -0.15) is 0 Å². The third kappa shape index (κ3) is 3.90. The molecule has 1 heterocycles. The maximum atomic E-state index is 13.6. The minimum Gasteiger partial charge on any atom is -0.480 e. The molecule has 4 aromatic rings. The van der Waals surface area contributed by atoms with E-state index in [9.17, 15) is 19.1 Å². The Labute approximate surface area is 195 Å². The minimum absolute atomic E-state index is 0.0441. The van der Waals surface area contributed by atoms with Crippen LogP contribution in [0, 0.1) is 5.82 Å². The molecule has 1 atom stereocenters. The van der Waals surface area contributed by atoms with E-state index in [0.717, 1.165) is 27.6 Å². The number of carbonyl (C=O) groups excluding carboxylic acids is 1. The van der Waals surface area contributed by atoms with Gasteiger partial charge in [0.25, 0.3) is 0 Å². The van der Waals surface area contributed by atoms with E-state index < -0.39 is 18.1 Å². The zero-order valence-corrected chi connectivity index (χ0v) is 18.5. The number of ether oxygens (including phenoxy) is 1. The van der Waals surface area contributed by atoms with Gasteiger partial charge in [-0.25, -0.2) is 14.0 Å². The van der Waals surface area contributed by atoms with Crippen LogP contribution in [0.15, 0.2) is 72.9 Å². The number of carboxylic acids is 1. The van der Waals surface area contributed by atoms with Crippen molar-refractivity contribution in [3.8, 4) is 11.1 Å². The molecule has 0 saturated heterocycles. The number of halogens is 1. The van der Waals surface area contributed by atoms with Crippen LogP contribution in [0.25, 0.3) is 22.0 Å². The first-order valence-electron chi connectivity index (χ1n) is 11.0. The number of aliphatic carboxylic acids is 1. The second kappa shape index (κ2) is 8.67. The molecular formula is C27H23FN2O4. The van der Waals surface area contributed by atoms with E-state index in [-0.39, 0.29) is 24.8 Å². The van der Waals surface area contributed by atoms with Crippen LogP contribution in [0.4, 0.5) is 9.18 Å². The summed E-state index contributed by atoms with van der Waals surface area (Å²) in [5.74, 6) is -1.66. The molecule has 7 heteroatoms. The Balaban J connectivity index is 1.30. The van der Waals surface area contributed by atoms with Crippen LogP contribution >= 0.6 is 0 Å². The summed E-state index contributed by atoms with van der Waals surface area (Å²) >= 11 is 0. The lowest BCUT2D eigenvalue weighted by molar-refractivity contribution is -0.139. The van der Waals surface area contributed by atoms with Gasteiger partial charge in [0, 0.05) is 31.0 Å². The van der Waals surface area contributed by atoms with Crippen molar-refractivity contribution in [2.75, 3.05) is 6.61 Å². The smallest absolute Gasteiger partial charge is 0.407 e. The number of aromatic nitrogens is 1. The van der Waals surface area contributed by atoms with Gasteiger partial charge in [0.15, 0.2) is 0 Å². The second-order valence-electron chi connectivity index (χ2n) is 8.49. The third-order valence-corrected chi connectivity index (χ3v) is 6.39. The normalized spacial score (nSPS) is 13.4. The fourth-order valence-electron chi connectivity index (χ4n) is 4.81. The number of aryl methyl sites for hydroxylation is 1. The number of hydrogen-bond donors (Lipinski definition) is 2. The molecule has 0 bridgehead atoms. The van der Waals surface area contributed by atoms with E-state index in [0.29, 0.717) is 11.1 Å². The summed E-state index contributed by atoms with van der Waals surface area (Å²) in [4.78, 5) is 24.5. The van der Waals surface area contributed by atoms with Crippen LogP contribution in [0.3, 0.4) is 0 Å². The molecule has 1 unspecified atom stereocenters. The number of amides is 1. The molecular weight excluding hydrogens is 435 g/mol. The first-order valence-corrected chi connectivity index (χ1v) is 11.0. The summed E-state index contributed by atoms with van der Waals surface area (Å²) in [5.41, 5.74) is 5.73. The van der Waals surface area contributed by atoms with E-state index >= 15 is 0 Å². The maximum absolute atomic E-state index is 13.6. The summed E-state index contributed by atoms with van der Waals surface area (Å²) in [5, 5.41) is 12.9. The number of carbonyl (C=O) groups is 2. The fraction of sp³-hybridized carbons (Fsp3) is 0.185. The molecule has 0 aliphatic heterocycles. The molecule has 0 spiro atoms. The molecule has 3 aromatic carbocycles. The van der Waals surface area contributed by atoms with Crippen LogP contribution in [0.5, 0.6) is 0 Å². The average Bonchev–Trinajstić information content (AvgIpc) is 3.31. The fourth-order valence-corrected chi connectivity index (χ4v) is 4.81. The van der Waals surface area contributed by atoms with Gasteiger partial charge >= 0.3 is 12.1 Å². The Morgan fingerprint density at radius 3 is 2.35 bits per heavy atom. The quantitative estimate of drug-likeness (QED) is 0.433. The van der Waals surface area contributed by atoms with Crippen LogP contribution in [-0.2, 0) is 23.0 Å². The maximum Gasteiger partial charge on any atom is 0.407 e. The Morgan fingerprint density at radius 1 is 1.06 bits per heavy atom. The van der Waals surface area contributed by atoms with Crippen molar-refractivity contribution >= 4 is 23.0 Å². The second-order valence-corrected chi connectivity index (χ2v) is 8.49. The van der Waals surface area contributed by atoms with Gasteiger partial charge in [-0.3, -0.25) is 0 Å². The Morgan fingerprint density at radius 2 is 1.71 bits per heavy atom. The zero-order chi connectivity index (χ0) is 23.8. The van der Waals surface area contributed by atoms with E-state index in [4.69, 9.17) is 4.74 Å². The van der Waals surface area contributed by atoms with Crippen molar-refractivity contribution in [3.05, 3.63) is 95.4 Å². The van der Waals surface area contributed by atoms with Gasteiger partial charge in [0.2, 0.25) is 0 Å². The van der Waals surface area contributed by atoms with Gasteiger partial charge in [-0.1, -0.05) is 48.5 Å². The Hall–Kier alpha value is -4.13. The number of fused-ring (bicyclic) bond motifs is 4. The highest BCUT2D eigenvalue weighted by Crippen LogP contribution is 2.44. The molecule has 34 heavy (non-hydrogen) atoms. The largest absolute Gasteiger partial charge is 0.480 e.